The van der Waals surface area contributed by atoms with Crippen LogP contribution in [0.1, 0.15) is 38.8 Å². The standard InChI is InChI=1S/C22H27N7O.2ClH/c1-13(2)25-21(23)16-7-5-6-15(10-16)18-12-29(28-27-18)19-11-17(8-9-20(19)30)22(24)26-14(3)4;;/h5-14,30H,1-4H3,(H2,23,25)(H2,24,26);2*1H. The van der Waals surface area contributed by atoms with Crippen LogP contribution in [0.4, 0.5) is 0 Å². The highest BCUT2D eigenvalue weighted by molar-refractivity contribution is 5.99. The number of phenols is 1. The summed E-state index contributed by atoms with van der Waals surface area (Å²) in [6.07, 6.45) is 1.74. The lowest BCUT2D eigenvalue weighted by molar-refractivity contribution is 0.469. The van der Waals surface area contributed by atoms with Crippen molar-refractivity contribution in [2.24, 2.45) is 21.5 Å². The quantitative estimate of drug-likeness (QED) is 0.368. The number of nitrogens with two attached hydrogens (primary N) is 2. The molecule has 8 nitrogen and oxygen atoms in total. The third kappa shape index (κ3) is 6.45. The molecule has 0 aliphatic heterocycles. The van der Waals surface area contributed by atoms with Gasteiger partial charge in [0.1, 0.15) is 28.8 Å². The van der Waals surface area contributed by atoms with E-state index in [9.17, 15) is 5.11 Å². The summed E-state index contributed by atoms with van der Waals surface area (Å²) in [5.74, 6) is 0.943. The number of aliphatic imine (C=N–C) groups is 2. The maximum Gasteiger partial charge on any atom is 0.141 e. The maximum absolute atomic E-state index is 10.3. The molecule has 0 atom stereocenters. The first-order valence-corrected chi connectivity index (χ1v) is 9.78. The first kappa shape index (κ1) is 26.9. The first-order chi connectivity index (χ1) is 14.2. The monoisotopic (exact) mass is 477 g/mol. The SMILES string of the molecule is CC(C)N=C(N)c1cccc(-c2cn(-c3cc(C(N)=NC(C)C)ccc3O)nn2)c1.Cl.Cl. The van der Waals surface area contributed by atoms with Gasteiger partial charge in [-0.25, -0.2) is 4.68 Å². The molecule has 0 radical (unpaired) electrons. The summed E-state index contributed by atoms with van der Waals surface area (Å²) in [6.45, 7) is 7.85. The van der Waals surface area contributed by atoms with Crippen molar-refractivity contribution in [3.63, 3.8) is 0 Å². The summed E-state index contributed by atoms with van der Waals surface area (Å²) in [5, 5.41) is 18.8. The van der Waals surface area contributed by atoms with Gasteiger partial charge in [0.2, 0.25) is 0 Å². The highest BCUT2D eigenvalue weighted by atomic mass is 35.5. The van der Waals surface area contributed by atoms with Crippen LogP contribution in [0.15, 0.2) is 58.6 Å². The summed E-state index contributed by atoms with van der Waals surface area (Å²) in [5.41, 5.74) is 15.6. The number of rotatable bonds is 6. The predicted molar refractivity (Wildman–Crippen MR) is 135 cm³/mol. The van der Waals surface area contributed by atoms with Crippen molar-refractivity contribution < 1.29 is 5.11 Å². The number of aromatic nitrogens is 3. The zero-order chi connectivity index (χ0) is 21.8. The number of nitrogens with zero attached hydrogens (tertiary/aromatic N) is 5. The van der Waals surface area contributed by atoms with Crippen LogP contribution in [0.25, 0.3) is 16.9 Å². The molecule has 0 fully saturated rings. The number of phenolic OH excluding ortho intramolecular Hbond substituents is 1. The van der Waals surface area contributed by atoms with Gasteiger partial charge in [0.05, 0.1) is 6.20 Å². The topological polar surface area (TPSA) is 128 Å². The first-order valence-electron chi connectivity index (χ1n) is 9.78. The largest absolute Gasteiger partial charge is 0.506 e. The number of aromatic hydroxyl groups is 1. The lowest BCUT2D eigenvalue weighted by Gasteiger charge is -2.08. The molecule has 0 amide bonds. The summed E-state index contributed by atoms with van der Waals surface area (Å²) in [7, 11) is 0. The molecule has 0 saturated carbocycles. The molecule has 0 saturated heterocycles. The molecule has 3 aromatic rings. The van der Waals surface area contributed by atoms with E-state index < -0.39 is 0 Å². The fraction of sp³-hybridized carbons (Fsp3) is 0.273. The molecule has 1 heterocycles. The van der Waals surface area contributed by atoms with Crippen molar-refractivity contribution in [3.8, 4) is 22.7 Å². The number of amidine groups is 2. The van der Waals surface area contributed by atoms with Crippen LogP contribution in [0.2, 0.25) is 0 Å². The van der Waals surface area contributed by atoms with E-state index in [0.29, 0.717) is 28.6 Å². The lowest BCUT2D eigenvalue weighted by atomic mass is 10.1. The van der Waals surface area contributed by atoms with Crippen LogP contribution in [0.3, 0.4) is 0 Å². The van der Waals surface area contributed by atoms with E-state index in [1.807, 2.05) is 52.0 Å². The molecule has 32 heavy (non-hydrogen) atoms. The molecule has 172 valence electrons. The minimum atomic E-state index is 0. The van der Waals surface area contributed by atoms with Crippen molar-refractivity contribution in [1.29, 1.82) is 0 Å². The Bertz CT molecular complexity index is 1110. The number of hydrogen-bond acceptors (Lipinski definition) is 5. The van der Waals surface area contributed by atoms with Crippen LogP contribution in [-0.4, -0.2) is 43.9 Å². The molecule has 5 N–H and O–H groups in total. The van der Waals surface area contributed by atoms with Gasteiger partial charge in [0.25, 0.3) is 0 Å². The third-order valence-corrected chi connectivity index (χ3v) is 4.26. The van der Waals surface area contributed by atoms with Crippen LogP contribution >= 0.6 is 24.8 Å². The van der Waals surface area contributed by atoms with E-state index in [4.69, 9.17) is 11.5 Å². The van der Waals surface area contributed by atoms with Crippen molar-refractivity contribution in [2.45, 2.75) is 39.8 Å². The number of hydrogen-bond donors (Lipinski definition) is 3. The van der Waals surface area contributed by atoms with Crippen LogP contribution in [-0.2, 0) is 0 Å². The minimum absolute atomic E-state index is 0. The van der Waals surface area contributed by atoms with Gasteiger partial charge in [-0.05, 0) is 52.0 Å². The Morgan fingerprint density at radius 1 is 0.906 bits per heavy atom. The highest BCUT2D eigenvalue weighted by Gasteiger charge is 2.12. The molecule has 10 heteroatoms. The Kier molecular flexibility index (Phi) is 9.68. The van der Waals surface area contributed by atoms with Crippen molar-refractivity contribution >= 4 is 36.5 Å². The molecule has 0 bridgehead atoms. The van der Waals surface area contributed by atoms with Crippen molar-refractivity contribution in [2.75, 3.05) is 0 Å². The van der Waals surface area contributed by atoms with Gasteiger partial charge in [-0.2, -0.15) is 0 Å². The van der Waals surface area contributed by atoms with E-state index >= 15 is 0 Å². The molecule has 0 unspecified atom stereocenters. The van der Waals surface area contributed by atoms with Crippen LogP contribution < -0.4 is 11.5 Å². The Hall–Kier alpha value is -3.10. The normalized spacial score (nSPS) is 11.9. The summed E-state index contributed by atoms with van der Waals surface area (Å²) >= 11 is 0. The second kappa shape index (κ2) is 11.5. The summed E-state index contributed by atoms with van der Waals surface area (Å²) in [6, 6.07) is 12.8. The van der Waals surface area contributed by atoms with E-state index in [0.717, 1.165) is 11.1 Å². The van der Waals surface area contributed by atoms with E-state index in [1.165, 1.54) is 4.68 Å². The maximum atomic E-state index is 10.3. The minimum Gasteiger partial charge on any atom is -0.506 e. The molecular weight excluding hydrogens is 449 g/mol. The van der Waals surface area contributed by atoms with Gasteiger partial charge in [-0.3, -0.25) is 9.98 Å². The smallest absolute Gasteiger partial charge is 0.141 e. The molecule has 0 aliphatic rings. The molecule has 2 aromatic carbocycles. The van der Waals surface area contributed by atoms with Gasteiger partial charge >= 0.3 is 0 Å². The predicted octanol–water partition coefficient (Wildman–Crippen LogP) is 3.71. The second-order valence-electron chi connectivity index (χ2n) is 7.55. The highest BCUT2D eigenvalue weighted by Crippen LogP contribution is 2.25. The number of halogens is 2. The molecule has 3 rings (SSSR count). The van der Waals surface area contributed by atoms with Gasteiger partial charge in [-0.1, -0.05) is 23.4 Å². The van der Waals surface area contributed by atoms with E-state index in [2.05, 4.69) is 20.3 Å². The zero-order valence-corrected chi connectivity index (χ0v) is 20.1. The number of benzene rings is 2. The van der Waals surface area contributed by atoms with Crippen LogP contribution in [0, 0.1) is 0 Å². The summed E-state index contributed by atoms with van der Waals surface area (Å²) in [4.78, 5) is 8.75. The fourth-order valence-electron chi connectivity index (χ4n) is 2.92. The zero-order valence-electron chi connectivity index (χ0n) is 18.4. The van der Waals surface area contributed by atoms with E-state index in [-0.39, 0.29) is 42.6 Å². The van der Waals surface area contributed by atoms with Crippen molar-refractivity contribution in [1.82, 2.24) is 15.0 Å². The third-order valence-electron chi connectivity index (χ3n) is 4.26. The van der Waals surface area contributed by atoms with Gasteiger partial charge in [0, 0.05) is 28.8 Å². The molecular formula is C22H29Cl2N7O. The van der Waals surface area contributed by atoms with Gasteiger partial charge in [-0.15, -0.1) is 29.9 Å². The molecule has 0 aliphatic carbocycles. The average molecular weight is 478 g/mol. The lowest BCUT2D eigenvalue weighted by Crippen LogP contribution is -2.16. The average Bonchev–Trinajstić information content (AvgIpc) is 3.17. The Morgan fingerprint density at radius 3 is 2.09 bits per heavy atom. The second-order valence-corrected chi connectivity index (χ2v) is 7.55. The van der Waals surface area contributed by atoms with Gasteiger partial charge in [0.15, 0.2) is 0 Å². The Morgan fingerprint density at radius 2 is 1.50 bits per heavy atom. The Labute approximate surface area is 200 Å². The Balaban J connectivity index is 0.00000256. The molecule has 1 aromatic heterocycles. The molecule has 0 spiro atoms. The van der Waals surface area contributed by atoms with E-state index in [1.54, 1.807) is 24.4 Å². The van der Waals surface area contributed by atoms with Gasteiger partial charge < -0.3 is 16.6 Å². The summed E-state index contributed by atoms with van der Waals surface area (Å²) < 4.78 is 1.51. The van der Waals surface area contributed by atoms with Crippen molar-refractivity contribution in [3.05, 3.63) is 59.8 Å². The van der Waals surface area contributed by atoms with Crippen LogP contribution in [0.5, 0.6) is 5.75 Å². The fourth-order valence-corrected chi connectivity index (χ4v) is 2.92.